The standard InChI is InChI=1S/C29H36N4O3S/c1-19-7-9-23(33-13-11-32(5)12-14-33)17-24(19)28(34)30-20(2)21-8-10-26(36-6)25(15-21)22-16-27(37-18-22)29(35)31(3)4/h7-10,15-18,20H,11-14H2,1-6H3,(H,30,34)/t20-/m1/s1. The molecule has 1 atom stereocenters. The molecule has 1 N–H and O–H groups in total. The van der Waals surface area contributed by atoms with Crippen molar-refractivity contribution in [2.75, 3.05) is 59.3 Å². The van der Waals surface area contributed by atoms with Crippen molar-refractivity contribution in [3.63, 3.8) is 0 Å². The van der Waals surface area contributed by atoms with Crippen LogP contribution >= 0.6 is 11.3 Å². The molecule has 1 fully saturated rings. The zero-order valence-electron chi connectivity index (χ0n) is 22.5. The Hall–Kier alpha value is -3.36. The molecule has 1 aliphatic heterocycles. The predicted molar refractivity (Wildman–Crippen MR) is 151 cm³/mol. The minimum atomic E-state index is -0.217. The number of piperazine rings is 1. The number of likely N-dealkylation sites (N-methyl/N-ethyl adjacent to an activating group) is 1. The van der Waals surface area contributed by atoms with Gasteiger partial charge in [0.2, 0.25) is 0 Å². The third-order valence-corrected chi connectivity index (χ3v) is 7.85. The number of hydrogen-bond donors (Lipinski definition) is 1. The number of carbonyl (C=O) groups excluding carboxylic acids is 2. The molecule has 196 valence electrons. The average molecular weight is 521 g/mol. The maximum Gasteiger partial charge on any atom is 0.263 e. The van der Waals surface area contributed by atoms with Gasteiger partial charge in [0.05, 0.1) is 18.0 Å². The topological polar surface area (TPSA) is 65.1 Å². The lowest BCUT2D eigenvalue weighted by Gasteiger charge is -2.34. The molecule has 8 heteroatoms. The van der Waals surface area contributed by atoms with Crippen LogP contribution in [-0.4, -0.2) is 76.0 Å². The van der Waals surface area contributed by atoms with Gasteiger partial charge in [-0.25, -0.2) is 0 Å². The normalized spacial score (nSPS) is 14.8. The van der Waals surface area contributed by atoms with E-state index in [4.69, 9.17) is 4.74 Å². The molecule has 37 heavy (non-hydrogen) atoms. The lowest BCUT2D eigenvalue weighted by Crippen LogP contribution is -2.44. The van der Waals surface area contributed by atoms with Gasteiger partial charge >= 0.3 is 0 Å². The largest absolute Gasteiger partial charge is 0.496 e. The molecule has 7 nitrogen and oxygen atoms in total. The van der Waals surface area contributed by atoms with Crippen molar-refractivity contribution in [1.29, 1.82) is 0 Å². The maximum atomic E-state index is 13.4. The SMILES string of the molecule is COc1ccc([C@@H](C)NC(=O)c2cc(N3CCN(C)CC3)ccc2C)cc1-c1csc(C(=O)N(C)C)c1. The van der Waals surface area contributed by atoms with E-state index in [0.717, 1.165) is 59.9 Å². The van der Waals surface area contributed by atoms with Crippen LogP contribution in [0.25, 0.3) is 11.1 Å². The summed E-state index contributed by atoms with van der Waals surface area (Å²) in [6, 6.07) is 13.7. The summed E-state index contributed by atoms with van der Waals surface area (Å²) in [5.41, 5.74) is 5.51. The second kappa shape index (κ2) is 11.4. The number of carbonyl (C=O) groups is 2. The molecule has 2 heterocycles. The van der Waals surface area contributed by atoms with Gasteiger partial charge in [-0.05, 0) is 73.3 Å². The Labute approximate surface area is 223 Å². The van der Waals surface area contributed by atoms with E-state index in [9.17, 15) is 9.59 Å². The highest BCUT2D eigenvalue weighted by Crippen LogP contribution is 2.35. The number of hydrogen-bond acceptors (Lipinski definition) is 6. The van der Waals surface area contributed by atoms with Crippen LogP contribution in [-0.2, 0) is 0 Å². The number of rotatable bonds is 7. The Kier molecular flexibility index (Phi) is 8.19. The molecular weight excluding hydrogens is 484 g/mol. The van der Waals surface area contributed by atoms with Crippen LogP contribution in [0.5, 0.6) is 5.75 Å². The highest BCUT2D eigenvalue weighted by molar-refractivity contribution is 7.12. The Morgan fingerprint density at radius 2 is 1.78 bits per heavy atom. The summed E-state index contributed by atoms with van der Waals surface area (Å²) < 4.78 is 5.61. The fraction of sp³-hybridized carbons (Fsp3) is 0.379. The quantitative estimate of drug-likeness (QED) is 0.490. The van der Waals surface area contributed by atoms with Crippen LogP contribution in [0.15, 0.2) is 47.8 Å². The predicted octanol–water partition coefficient (Wildman–Crippen LogP) is 4.68. The Morgan fingerprint density at radius 3 is 2.46 bits per heavy atom. The van der Waals surface area contributed by atoms with Gasteiger partial charge in [-0.1, -0.05) is 12.1 Å². The zero-order valence-corrected chi connectivity index (χ0v) is 23.3. The molecule has 0 aliphatic carbocycles. The maximum absolute atomic E-state index is 13.4. The Morgan fingerprint density at radius 1 is 1.05 bits per heavy atom. The fourth-order valence-electron chi connectivity index (χ4n) is 4.50. The number of amides is 2. The van der Waals surface area contributed by atoms with Crippen molar-refractivity contribution in [3.8, 4) is 16.9 Å². The summed E-state index contributed by atoms with van der Waals surface area (Å²) in [5.74, 6) is 0.605. The van der Waals surface area contributed by atoms with Crippen LogP contribution in [0.1, 0.15) is 44.1 Å². The Balaban J connectivity index is 1.54. The van der Waals surface area contributed by atoms with Crippen LogP contribution in [0.3, 0.4) is 0 Å². The molecule has 2 amide bonds. The number of aryl methyl sites for hydroxylation is 1. The molecule has 4 rings (SSSR count). The van der Waals surface area contributed by atoms with E-state index in [1.807, 2.05) is 55.6 Å². The van der Waals surface area contributed by atoms with Gasteiger partial charge in [0.1, 0.15) is 5.75 Å². The van der Waals surface area contributed by atoms with Crippen molar-refractivity contribution in [3.05, 3.63) is 69.4 Å². The molecule has 1 saturated heterocycles. The van der Waals surface area contributed by atoms with Crippen molar-refractivity contribution in [2.45, 2.75) is 19.9 Å². The van der Waals surface area contributed by atoms with E-state index in [-0.39, 0.29) is 17.9 Å². The van der Waals surface area contributed by atoms with Crippen molar-refractivity contribution < 1.29 is 14.3 Å². The summed E-state index contributed by atoms with van der Waals surface area (Å²) in [6.07, 6.45) is 0. The molecule has 0 bridgehead atoms. The number of benzene rings is 2. The minimum Gasteiger partial charge on any atom is -0.496 e. The second-order valence-electron chi connectivity index (χ2n) is 9.84. The first-order chi connectivity index (χ1) is 17.7. The molecule has 1 aliphatic rings. The molecule has 1 aromatic heterocycles. The van der Waals surface area contributed by atoms with E-state index < -0.39 is 0 Å². The average Bonchev–Trinajstić information content (AvgIpc) is 3.38. The van der Waals surface area contributed by atoms with E-state index in [0.29, 0.717) is 10.4 Å². The van der Waals surface area contributed by atoms with Crippen molar-refractivity contribution >= 4 is 28.8 Å². The van der Waals surface area contributed by atoms with Gasteiger partial charge < -0.3 is 24.8 Å². The highest BCUT2D eigenvalue weighted by atomic mass is 32.1. The summed E-state index contributed by atoms with van der Waals surface area (Å²) in [6.45, 7) is 7.90. The van der Waals surface area contributed by atoms with Crippen LogP contribution in [0.2, 0.25) is 0 Å². The number of anilines is 1. The van der Waals surface area contributed by atoms with Gasteiger partial charge in [-0.3, -0.25) is 9.59 Å². The summed E-state index contributed by atoms with van der Waals surface area (Å²) in [5, 5.41) is 5.15. The molecular formula is C29H36N4O3S. The molecule has 2 aromatic carbocycles. The Bertz CT molecular complexity index is 1280. The van der Waals surface area contributed by atoms with E-state index in [1.165, 1.54) is 11.3 Å². The smallest absolute Gasteiger partial charge is 0.263 e. The van der Waals surface area contributed by atoms with Gasteiger partial charge in [-0.15, -0.1) is 11.3 Å². The van der Waals surface area contributed by atoms with Crippen molar-refractivity contribution in [2.24, 2.45) is 0 Å². The highest BCUT2D eigenvalue weighted by Gasteiger charge is 2.20. The number of thiophene rings is 1. The molecule has 3 aromatic rings. The molecule has 0 spiro atoms. The minimum absolute atomic E-state index is 0.0267. The van der Waals surface area contributed by atoms with Crippen molar-refractivity contribution in [1.82, 2.24) is 15.1 Å². The number of nitrogens with zero attached hydrogens (tertiary/aromatic N) is 3. The number of nitrogens with one attached hydrogen (secondary N) is 1. The van der Waals surface area contributed by atoms with E-state index >= 15 is 0 Å². The second-order valence-corrected chi connectivity index (χ2v) is 10.8. The third kappa shape index (κ3) is 5.97. The van der Waals surface area contributed by atoms with Crippen LogP contribution in [0.4, 0.5) is 5.69 Å². The summed E-state index contributed by atoms with van der Waals surface area (Å²) in [7, 11) is 7.27. The first-order valence-electron chi connectivity index (χ1n) is 12.5. The number of ether oxygens (including phenoxy) is 1. The third-order valence-electron chi connectivity index (χ3n) is 6.93. The first kappa shape index (κ1) is 26.7. The lowest BCUT2D eigenvalue weighted by molar-refractivity contribution is 0.0831. The number of methoxy groups -OCH3 is 1. The van der Waals surface area contributed by atoms with Crippen LogP contribution in [0, 0.1) is 6.92 Å². The van der Waals surface area contributed by atoms with Gasteiger partial charge in [0.25, 0.3) is 11.8 Å². The van der Waals surface area contributed by atoms with E-state index in [2.05, 4.69) is 28.2 Å². The van der Waals surface area contributed by atoms with Gasteiger partial charge in [-0.2, -0.15) is 0 Å². The lowest BCUT2D eigenvalue weighted by atomic mass is 9.99. The molecule has 0 saturated carbocycles. The van der Waals surface area contributed by atoms with Gasteiger partial charge in [0, 0.05) is 57.1 Å². The zero-order chi connectivity index (χ0) is 26.7. The molecule has 0 radical (unpaired) electrons. The molecule has 0 unspecified atom stereocenters. The first-order valence-corrected chi connectivity index (χ1v) is 13.4. The fourth-order valence-corrected chi connectivity index (χ4v) is 5.43. The summed E-state index contributed by atoms with van der Waals surface area (Å²) in [4.78, 5) is 32.6. The van der Waals surface area contributed by atoms with Gasteiger partial charge in [0.15, 0.2) is 0 Å². The van der Waals surface area contributed by atoms with Crippen LogP contribution < -0.4 is 15.0 Å². The monoisotopic (exact) mass is 520 g/mol. The summed E-state index contributed by atoms with van der Waals surface area (Å²) >= 11 is 1.41. The van der Waals surface area contributed by atoms with E-state index in [1.54, 1.807) is 26.1 Å².